The van der Waals surface area contributed by atoms with E-state index >= 15 is 0 Å². The first-order valence-electron chi connectivity index (χ1n) is 7.24. The van der Waals surface area contributed by atoms with E-state index in [0.717, 1.165) is 22.9 Å². The largest absolute Gasteiger partial charge is 0.492 e. The summed E-state index contributed by atoms with van der Waals surface area (Å²) >= 11 is 12.7. The fourth-order valence-corrected chi connectivity index (χ4v) is 3.11. The SMILES string of the molecule is CCOc1cc(Cl)c(-c2cc3ccc(C)cn3c2C=O)cc1Cl. The molecule has 0 saturated heterocycles. The summed E-state index contributed by atoms with van der Waals surface area (Å²) < 4.78 is 7.31. The molecule has 118 valence electrons. The van der Waals surface area contributed by atoms with Crippen LogP contribution in [0.2, 0.25) is 10.0 Å². The first-order valence-corrected chi connectivity index (χ1v) is 7.99. The van der Waals surface area contributed by atoms with Gasteiger partial charge in [0.15, 0.2) is 6.29 Å². The number of carbonyl (C=O) groups excluding carboxylic acids is 1. The summed E-state index contributed by atoms with van der Waals surface area (Å²) in [6, 6.07) is 9.33. The van der Waals surface area contributed by atoms with Gasteiger partial charge in [0, 0.05) is 28.9 Å². The van der Waals surface area contributed by atoms with Crippen LogP contribution in [0.15, 0.2) is 36.5 Å². The molecule has 1 aromatic carbocycles. The van der Waals surface area contributed by atoms with Crippen molar-refractivity contribution in [2.24, 2.45) is 0 Å². The van der Waals surface area contributed by atoms with Crippen molar-refractivity contribution in [3.63, 3.8) is 0 Å². The quantitative estimate of drug-likeness (QED) is 0.589. The third-order valence-electron chi connectivity index (χ3n) is 3.68. The number of aldehydes is 1. The van der Waals surface area contributed by atoms with Gasteiger partial charge in [-0.1, -0.05) is 29.3 Å². The Morgan fingerprint density at radius 1 is 1.13 bits per heavy atom. The van der Waals surface area contributed by atoms with Gasteiger partial charge in [0.1, 0.15) is 5.75 Å². The lowest BCUT2D eigenvalue weighted by molar-refractivity contribution is 0.111. The number of aromatic nitrogens is 1. The highest BCUT2D eigenvalue weighted by Crippen LogP contribution is 2.39. The fourth-order valence-electron chi connectivity index (χ4n) is 2.63. The van der Waals surface area contributed by atoms with E-state index in [4.69, 9.17) is 27.9 Å². The Kier molecular flexibility index (Phi) is 4.33. The van der Waals surface area contributed by atoms with Crippen molar-refractivity contribution < 1.29 is 9.53 Å². The average molecular weight is 348 g/mol. The molecule has 0 aliphatic rings. The molecule has 5 heteroatoms. The number of nitrogens with zero attached hydrogens (tertiary/aromatic N) is 1. The van der Waals surface area contributed by atoms with Crippen molar-refractivity contribution >= 4 is 35.0 Å². The number of benzene rings is 1. The molecule has 0 fully saturated rings. The normalized spacial score (nSPS) is 11.0. The maximum atomic E-state index is 11.6. The Bertz CT molecular complexity index is 900. The van der Waals surface area contributed by atoms with Crippen LogP contribution in [0.3, 0.4) is 0 Å². The van der Waals surface area contributed by atoms with Crippen molar-refractivity contribution in [1.82, 2.24) is 4.40 Å². The molecule has 2 heterocycles. The van der Waals surface area contributed by atoms with Gasteiger partial charge in [0.05, 0.1) is 22.3 Å². The van der Waals surface area contributed by atoms with Gasteiger partial charge in [-0.15, -0.1) is 0 Å². The van der Waals surface area contributed by atoms with Gasteiger partial charge in [-0.3, -0.25) is 4.79 Å². The molecule has 3 nitrogen and oxygen atoms in total. The first-order chi connectivity index (χ1) is 11.0. The van der Waals surface area contributed by atoms with Gasteiger partial charge >= 0.3 is 0 Å². The van der Waals surface area contributed by atoms with Gasteiger partial charge in [0.2, 0.25) is 0 Å². The van der Waals surface area contributed by atoms with Crippen LogP contribution < -0.4 is 4.74 Å². The molecule has 3 aromatic rings. The van der Waals surface area contributed by atoms with Crippen molar-refractivity contribution in [3.8, 4) is 16.9 Å². The van der Waals surface area contributed by atoms with E-state index in [1.807, 2.05) is 42.6 Å². The van der Waals surface area contributed by atoms with E-state index in [1.54, 1.807) is 12.1 Å². The van der Waals surface area contributed by atoms with E-state index in [0.29, 0.717) is 33.7 Å². The standard InChI is InChI=1S/C18H15Cl2NO2/c1-3-23-18-8-15(19)13(7-16(18)20)14-6-12-5-4-11(2)9-21(12)17(14)10-22/h4-10H,3H2,1-2H3. The fraction of sp³-hybridized carbons (Fsp3) is 0.167. The molecule has 0 aliphatic carbocycles. The molecular formula is C18H15Cl2NO2. The second-order valence-corrected chi connectivity index (χ2v) is 6.07. The van der Waals surface area contributed by atoms with Crippen molar-refractivity contribution in [3.05, 3.63) is 57.8 Å². The molecule has 23 heavy (non-hydrogen) atoms. The molecular weight excluding hydrogens is 333 g/mol. The topological polar surface area (TPSA) is 30.7 Å². The Labute approximate surface area is 144 Å². The minimum atomic E-state index is 0.467. The molecule has 0 radical (unpaired) electrons. The molecule has 3 rings (SSSR count). The lowest BCUT2D eigenvalue weighted by atomic mass is 10.1. The lowest BCUT2D eigenvalue weighted by Crippen LogP contribution is -1.95. The summed E-state index contributed by atoms with van der Waals surface area (Å²) in [6.45, 7) is 4.37. The number of hydrogen-bond donors (Lipinski definition) is 0. The second-order valence-electron chi connectivity index (χ2n) is 5.26. The van der Waals surface area contributed by atoms with Crippen LogP contribution in [-0.4, -0.2) is 17.3 Å². The molecule has 0 spiro atoms. The molecule has 0 bridgehead atoms. The van der Waals surface area contributed by atoms with E-state index in [-0.39, 0.29) is 0 Å². The van der Waals surface area contributed by atoms with Gasteiger partial charge in [0.25, 0.3) is 0 Å². The third kappa shape index (κ3) is 2.82. The molecule has 0 amide bonds. The molecule has 0 unspecified atom stereocenters. The zero-order chi connectivity index (χ0) is 16.6. The minimum absolute atomic E-state index is 0.467. The molecule has 0 atom stereocenters. The number of ether oxygens (including phenoxy) is 1. The predicted molar refractivity (Wildman–Crippen MR) is 94.1 cm³/mol. The van der Waals surface area contributed by atoms with Gasteiger partial charge < -0.3 is 9.14 Å². The second kappa shape index (κ2) is 6.26. The highest BCUT2D eigenvalue weighted by atomic mass is 35.5. The van der Waals surface area contributed by atoms with Crippen molar-refractivity contribution in [2.45, 2.75) is 13.8 Å². The molecule has 0 aliphatic heterocycles. The van der Waals surface area contributed by atoms with Crippen LogP contribution in [0.1, 0.15) is 23.0 Å². The van der Waals surface area contributed by atoms with E-state index in [1.165, 1.54) is 0 Å². The maximum absolute atomic E-state index is 11.6. The monoisotopic (exact) mass is 347 g/mol. The van der Waals surface area contributed by atoms with Crippen LogP contribution >= 0.6 is 23.2 Å². The zero-order valence-corrected chi connectivity index (χ0v) is 14.3. The zero-order valence-electron chi connectivity index (χ0n) is 12.8. The minimum Gasteiger partial charge on any atom is -0.492 e. The number of fused-ring (bicyclic) bond motifs is 1. The third-order valence-corrected chi connectivity index (χ3v) is 4.29. The lowest BCUT2D eigenvalue weighted by Gasteiger charge is -2.10. The number of aryl methyl sites for hydroxylation is 1. The summed E-state index contributed by atoms with van der Waals surface area (Å²) in [5, 5.41) is 0.961. The Morgan fingerprint density at radius 2 is 1.91 bits per heavy atom. The summed E-state index contributed by atoms with van der Waals surface area (Å²) in [6.07, 6.45) is 2.76. The van der Waals surface area contributed by atoms with Crippen LogP contribution in [0.25, 0.3) is 16.6 Å². The van der Waals surface area contributed by atoms with E-state index in [9.17, 15) is 4.79 Å². The predicted octanol–water partition coefficient (Wildman–Crippen LogP) is 5.43. The Morgan fingerprint density at radius 3 is 2.61 bits per heavy atom. The van der Waals surface area contributed by atoms with Crippen LogP contribution in [0.5, 0.6) is 5.75 Å². The summed E-state index contributed by atoms with van der Waals surface area (Å²) in [5.74, 6) is 0.537. The smallest absolute Gasteiger partial charge is 0.167 e. The van der Waals surface area contributed by atoms with Crippen LogP contribution in [0, 0.1) is 6.92 Å². The van der Waals surface area contributed by atoms with Crippen molar-refractivity contribution in [1.29, 1.82) is 0 Å². The van der Waals surface area contributed by atoms with Gasteiger partial charge in [-0.2, -0.15) is 0 Å². The molecule has 2 aromatic heterocycles. The number of carbonyl (C=O) groups is 1. The van der Waals surface area contributed by atoms with Gasteiger partial charge in [-0.05, 0) is 37.6 Å². The number of hydrogen-bond acceptors (Lipinski definition) is 2. The summed E-state index contributed by atoms with van der Waals surface area (Å²) in [7, 11) is 0. The number of halogens is 2. The van der Waals surface area contributed by atoms with Crippen LogP contribution in [0.4, 0.5) is 0 Å². The van der Waals surface area contributed by atoms with Crippen LogP contribution in [-0.2, 0) is 0 Å². The summed E-state index contributed by atoms with van der Waals surface area (Å²) in [5.41, 5.74) is 4.00. The summed E-state index contributed by atoms with van der Waals surface area (Å²) in [4.78, 5) is 11.6. The van der Waals surface area contributed by atoms with Crippen molar-refractivity contribution in [2.75, 3.05) is 6.61 Å². The Balaban J connectivity index is 2.24. The number of pyridine rings is 1. The van der Waals surface area contributed by atoms with E-state index < -0.39 is 0 Å². The highest BCUT2D eigenvalue weighted by molar-refractivity contribution is 6.36. The molecule has 0 N–H and O–H groups in total. The first kappa shape index (κ1) is 15.9. The Hall–Kier alpha value is -1.97. The number of rotatable bonds is 4. The molecule has 0 saturated carbocycles. The van der Waals surface area contributed by atoms with Gasteiger partial charge in [-0.25, -0.2) is 0 Å². The highest BCUT2D eigenvalue weighted by Gasteiger charge is 2.16. The maximum Gasteiger partial charge on any atom is 0.167 e. The average Bonchev–Trinajstić information content (AvgIpc) is 2.88. The van der Waals surface area contributed by atoms with E-state index in [2.05, 4.69) is 0 Å².